The Balaban J connectivity index is 4.71. The molecule has 0 radical (unpaired) electrons. The van der Waals surface area contributed by atoms with Gasteiger partial charge in [-0.15, -0.1) is 0 Å². The summed E-state index contributed by atoms with van der Waals surface area (Å²) in [4.78, 5) is 11.0. The van der Waals surface area contributed by atoms with E-state index < -0.39 is 33.7 Å². The molecule has 0 amide bonds. The van der Waals surface area contributed by atoms with Crippen LogP contribution in [0, 0.1) is 0 Å². The lowest BCUT2D eigenvalue weighted by atomic mass is 10.1. The van der Waals surface area contributed by atoms with Crippen LogP contribution in [0.25, 0.3) is 0 Å². The van der Waals surface area contributed by atoms with Crippen LogP contribution in [0.15, 0.2) is 0 Å². The van der Waals surface area contributed by atoms with E-state index in [2.05, 4.69) is 0 Å². The lowest BCUT2D eigenvalue weighted by molar-refractivity contribution is -0.119. The second-order valence-corrected chi connectivity index (χ2v) is 4.03. The van der Waals surface area contributed by atoms with Gasteiger partial charge in [0.25, 0.3) is 10.1 Å². The van der Waals surface area contributed by atoms with Crippen molar-refractivity contribution in [1.29, 1.82) is 0 Å². The van der Waals surface area contributed by atoms with Gasteiger partial charge in [-0.05, 0) is 6.92 Å². The molecule has 7 heteroatoms. The van der Waals surface area contributed by atoms with Crippen molar-refractivity contribution in [3.05, 3.63) is 0 Å². The van der Waals surface area contributed by atoms with E-state index in [4.69, 9.17) is 16.0 Å². The zero-order valence-electron chi connectivity index (χ0n) is 6.60. The van der Waals surface area contributed by atoms with Gasteiger partial charge < -0.3 is 11.5 Å². The van der Waals surface area contributed by atoms with Crippen LogP contribution in [0.5, 0.6) is 0 Å². The summed E-state index contributed by atoms with van der Waals surface area (Å²) in [5, 5.41) is -1.60. The number of carbonyl (C=O) groups excluding carboxylic acids is 1. The van der Waals surface area contributed by atoms with Crippen LogP contribution in [0.3, 0.4) is 0 Å². The van der Waals surface area contributed by atoms with E-state index in [0.717, 1.165) is 0 Å². The third-order valence-electron chi connectivity index (χ3n) is 1.34. The second kappa shape index (κ2) is 3.94. The third-order valence-corrected chi connectivity index (χ3v) is 2.48. The molecule has 0 aliphatic heterocycles. The van der Waals surface area contributed by atoms with E-state index in [1.165, 1.54) is 6.92 Å². The van der Waals surface area contributed by atoms with Crippen molar-refractivity contribution in [3.63, 3.8) is 0 Å². The summed E-state index contributed by atoms with van der Waals surface area (Å²) in [6.45, 7) is 0.870. The fourth-order valence-electron chi connectivity index (χ4n) is 0.678. The predicted molar refractivity (Wildman–Crippen MR) is 43.0 cm³/mol. The summed E-state index contributed by atoms with van der Waals surface area (Å²) in [6.07, 6.45) is 0. The van der Waals surface area contributed by atoms with Crippen molar-refractivity contribution in [2.24, 2.45) is 11.5 Å². The number of carbonyl (C=O) groups is 1. The molecule has 0 aliphatic carbocycles. The molecule has 0 spiro atoms. The van der Waals surface area contributed by atoms with Gasteiger partial charge in [-0.2, -0.15) is 8.42 Å². The van der Waals surface area contributed by atoms with E-state index in [9.17, 15) is 13.2 Å². The average molecular weight is 196 g/mol. The Labute approximate surface area is 70.7 Å². The topological polar surface area (TPSA) is 123 Å². The molecule has 0 fully saturated rings. The molecule has 0 aliphatic rings. The summed E-state index contributed by atoms with van der Waals surface area (Å²) in [5.74, 6) is -0.778. The molecule has 0 aromatic carbocycles. The smallest absolute Gasteiger partial charge is 0.276 e. The molecule has 0 bridgehead atoms. The average Bonchev–Trinajstić information content (AvgIpc) is 1.85. The minimum atomic E-state index is -4.41. The number of hydrogen-bond acceptors (Lipinski definition) is 5. The molecule has 5 N–H and O–H groups in total. The van der Waals surface area contributed by atoms with Gasteiger partial charge in [-0.1, -0.05) is 0 Å². The lowest BCUT2D eigenvalue weighted by Gasteiger charge is -2.11. The van der Waals surface area contributed by atoms with Gasteiger partial charge in [0, 0.05) is 6.54 Å². The first-order chi connectivity index (χ1) is 5.30. The minimum Gasteiger partial charge on any atom is -0.329 e. The molecular formula is C5H12N2O4S. The van der Waals surface area contributed by atoms with Crippen LogP contribution in [0.4, 0.5) is 0 Å². The molecule has 0 saturated heterocycles. The maximum absolute atomic E-state index is 11.0. The monoisotopic (exact) mass is 196 g/mol. The highest BCUT2D eigenvalue weighted by atomic mass is 32.2. The maximum atomic E-state index is 11.0. The minimum absolute atomic E-state index is 0.459. The van der Waals surface area contributed by atoms with Crippen molar-refractivity contribution in [2.75, 3.05) is 6.54 Å². The first kappa shape index (κ1) is 11.5. The molecule has 0 aromatic heterocycles. The van der Waals surface area contributed by atoms with Crippen molar-refractivity contribution in [1.82, 2.24) is 0 Å². The van der Waals surface area contributed by atoms with E-state index in [0.29, 0.717) is 0 Å². The van der Waals surface area contributed by atoms with Gasteiger partial charge in [0.1, 0.15) is 0 Å². The van der Waals surface area contributed by atoms with Gasteiger partial charge in [-0.3, -0.25) is 9.35 Å². The van der Waals surface area contributed by atoms with Crippen LogP contribution >= 0.6 is 0 Å². The zero-order chi connectivity index (χ0) is 9.94. The third kappa shape index (κ3) is 2.86. The Morgan fingerprint density at radius 3 is 2.08 bits per heavy atom. The molecule has 0 rings (SSSR count). The number of nitrogens with two attached hydrogens (primary N) is 2. The number of rotatable bonds is 4. The number of hydrogen-bond donors (Lipinski definition) is 3. The summed E-state index contributed by atoms with van der Waals surface area (Å²) in [7, 11) is -4.41. The zero-order valence-corrected chi connectivity index (χ0v) is 7.41. The Bertz CT molecular complexity index is 259. The predicted octanol–water partition coefficient (Wildman–Crippen LogP) is -1.88. The summed E-state index contributed by atoms with van der Waals surface area (Å²) in [5.41, 5.74) is 10.1. The first-order valence-corrected chi connectivity index (χ1v) is 4.76. The highest BCUT2D eigenvalue weighted by Crippen LogP contribution is 2.00. The van der Waals surface area contributed by atoms with Crippen LogP contribution in [0.2, 0.25) is 0 Å². The fourth-order valence-corrected chi connectivity index (χ4v) is 1.43. The quantitative estimate of drug-likeness (QED) is 0.452. The summed E-state index contributed by atoms with van der Waals surface area (Å²) in [6, 6.07) is -0.944. The van der Waals surface area contributed by atoms with Crippen LogP contribution in [0.1, 0.15) is 6.92 Å². The van der Waals surface area contributed by atoms with Gasteiger partial charge >= 0.3 is 0 Å². The fraction of sp³-hybridized carbons (Fsp3) is 0.800. The molecule has 2 atom stereocenters. The number of Topliss-reactive ketones (excluding diaryl/α,β-unsaturated/α-hetero) is 1. The van der Waals surface area contributed by atoms with Crippen LogP contribution < -0.4 is 11.5 Å². The van der Waals surface area contributed by atoms with Crippen molar-refractivity contribution in [3.8, 4) is 0 Å². The van der Waals surface area contributed by atoms with Crippen molar-refractivity contribution >= 4 is 15.9 Å². The van der Waals surface area contributed by atoms with Gasteiger partial charge in [-0.25, -0.2) is 0 Å². The molecular weight excluding hydrogens is 184 g/mol. The Hall–Kier alpha value is -0.500. The molecule has 6 nitrogen and oxygen atoms in total. The van der Waals surface area contributed by atoms with Crippen molar-refractivity contribution < 1.29 is 17.8 Å². The Morgan fingerprint density at radius 2 is 2.00 bits per heavy atom. The van der Waals surface area contributed by atoms with E-state index in [-0.39, 0.29) is 0 Å². The highest BCUT2D eigenvalue weighted by molar-refractivity contribution is 7.87. The Kier molecular flexibility index (Phi) is 3.78. The largest absolute Gasteiger partial charge is 0.329 e. The summed E-state index contributed by atoms with van der Waals surface area (Å²) >= 11 is 0. The van der Waals surface area contributed by atoms with E-state index in [1.807, 2.05) is 0 Å². The standard InChI is InChI=1S/C5H12N2O4S/c1-3(7)5(8)4(2-6)12(9,10)11/h3-4H,2,6-7H2,1H3,(H,9,10,11)/t3-,4?/m0/s1. The van der Waals surface area contributed by atoms with Gasteiger partial charge in [0.2, 0.25) is 0 Å². The van der Waals surface area contributed by atoms with E-state index in [1.54, 1.807) is 0 Å². The van der Waals surface area contributed by atoms with Gasteiger partial charge in [0.05, 0.1) is 6.04 Å². The second-order valence-electron chi connectivity index (χ2n) is 2.43. The maximum Gasteiger partial charge on any atom is 0.276 e. The van der Waals surface area contributed by atoms with Crippen LogP contribution in [-0.4, -0.2) is 36.6 Å². The van der Waals surface area contributed by atoms with Gasteiger partial charge in [0.15, 0.2) is 11.0 Å². The number of ketones is 1. The van der Waals surface area contributed by atoms with Crippen molar-refractivity contribution in [2.45, 2.75) is 18.2 Å². The molecule has 0 saturated carbocycles. The van der Waals surface area contributed by atoms with E-state index >= 15 is 0 Å². The summed E-state index contributed by atoms with van der Waals surface area (Å²) < 4.78 is 29.5. The molecule has 1 unspecified atom stereocenters. The molecule has 72 valence electrons. The SMILES string of the molecule is C[C@H](N)C(=O)C(CN)S(=O)(=O)O. The highest BCUT2D eigenvalue weighted by Gasteiger charge is 2.31. The Morgan fingerprint density at radius 1 is 1.58 bits per heavy atom. The molecule has 12 heavy (non-hydrogen) atoms. The lowest BCUT2D eigenvalue weighted by Crippen LogP contribution is -2.44. The molecule has 0 heterocycles. The molecule has 0 aromatic rings. The van der Waals surface area contributed by atoms with Crippen LogP contribution in [-0.2, 0) is 14.9 Å². The normalized spacial score (nSPS) is 17.0. The first-order valence-electron chi connectivity index (χ1n) is 3.26.